The molecule has 0 aliphatic carbocycles. The Morgan fingerprint density at radius 3 is 2.20 bits per heavy atom. The Balaban J connectivity index is 1.67. The fourth-order valence-corrected chi connectivity index (χ4v) is 3.50. The lowest BCUT2D eigenvalue weighted by Gasteiger charge is -2.40. The van der Waals surface area contributed by atoms with E-state index in [1.165, 1.54) is 11.3 Å². The smallest absolute Gasteiger partial charge is 0.123 e. The van der Waals surface area contributed by atoms with Gasteiger partial charge in [-0.15, -0.1) is 0 Å². The van der Waals surface area contributed by atoms with Gasteiger partial charge in [0.15, 0.2) is 0 Å². The maximum atomic E-state index is 6.11. The molecule has 2 aromatic carbocycles. The summed E-state index contributed by atoms with van der Waals surface area (Å²) >= 11 is 0. The van der Waals surface area contributed by atoms with Gasteiger partial charge in [-0.3, -0.25) is 4.90 Å². The molecule has 1 fully saturated rings. The molecular weight excluding hydrogens is 314 g/mol. The second-order valence-electron chi connectivity index (χ2n) is 6.21. The van der Waals surface area contributed by atoms with E-state index in [1.54, 1.807) is 14.2 Å². The highest BCUT2D eigenvalue weighted by molar-refractivity contribution is 5.49. The quantitative estimate of drug-likeness (QED) is 0.875. The van der Waals surface area contributed by atoms with Crippen molar-refractivity contribution < 1.29 is 9.47 Å². The van der Waals surface area contributed by atoms with Gasteiger partial charge in [-0.05, 0) is 30.3 Å². The summed E-state index contributed by atoms with van der Waals surface area (Å²) < 4.78 is 10.8. The predicted octanol–water partition coefficient (Wildman–Crippen LogP) is 2.53. The van der Waals surface area contributed by atoms with Crippen LogP contribution in [0.5, 0.6) is 11.5 Å². The van der Waals surface area contributed by atoms with E-state index in [4.69, 9.17) is 15.2 Å². The third-order valence-electron chi connectivity index (χ3n) is 4.91. The standard InChI is InChI=1S/C20H27N3O2/c1-24-17-9-7-16(8-10-17)22-11-13-23(14-12-22)19(15-21)18-5-3-4-6-20(18)25-2/h3-10,19H,11-15,21H2,1-2H3. The van der Waals surface area contributed by atoms with Crippen LogP contribution in [-0.2, 0) is 0 Å². The van der Waals surface area contributed by atoms with Crippen LogP contribution in [0.25, 0.3) is 0 Å². The van der Waals surface area contributed by atoms with Crippen LogP contribution in [0.1, 0.15) is 11.6 Å². The van der Waals surface area contributed by atoms with Crippen LogP contribution in [0.3, 0.4) is 0 Å². The van der Waals surface area contributed by atoms with Crippen molar-refractivity contribution in [3.63, 3.8) is 0 Å². The number of hydrogen-bond donors (Lipinski definition) is 1. The van der Waals surface area contributed by atoms with Gasteiger partial charge in [0.1, 0.15) is 11.5 Å². The molecule has 3 rings (SSSR count). The highest BCUT2D eigenvalue weighted by Crippen LogP contribution is 2.30. The molecule has 1 atom stereocenters. The number of anilines is 1. The minimum absolute atomic E-state index is 0.189. The maximum absolute atomic E-state index is 6.11. The van der Waals surface area contributed by atoms with Crippen LogP contribution < -0.4 is 20.1 Å². The van der Waals surface area contributed by atoms with Crippen molar-refractivity contribution in [3.05, 3.63) is 54.1 Å². The summed E-state index contributed by atoms with van der Waals surface area (Å²) in [6, 6.07) is 16.6. The summed E-state index contributed by atoms with van der Waals surface area (Å²) in [5.41, 5.74) is 8.52. The zero-order valence-corrected chi connectivity index (χ0v) is 15.0. The average Bonchev–Trinajstić information content (AvgIpc) is 2.69. The van der Waals surface area contributed by atoms with E-state index in [9.17, 15) is 0 Å². The topological polar surface area (TPSA) is 51.0 Å². The minimum atomic E-state index is 0.189. The number of para-hydroxylation sites is 1. The van der Waals surface area contributed by atoms with Crippen molar-refractivity contribution in [1.29, 1.82) is 0 Å². The number of ether oxygens (including phenoxy) is 2. The lowest BCUT2D eigenvalue weighted by Crippen LogP contribution is -2.49. The molecule has 1 aliphatic heterocycles. The molecule has 2 N–H and O–H groups in total. The van der Waals surface area contributed by atoms with E-state index in [-0.39, 0.29) is 6.04 Å². The third-order valence-corrected chi connectivity index (χ3v) is 4.91. The molecule has 1 heterocycles. The monoisotopic (exact) mass is 341 g/mol. The Morgan fingerprint density at radius 2 is 1.60 bits per heavy atom. The lowest BCUT2D eigenvalue weighted by molar-refractivity contribution is 0.187. The van der Waals surface area contributed by atoms with Crippen LogP contribution in [0.4, 0.5) is 5.69 Å². The first-order valence-corrected chi connectivity index (χ1v) is 8.73. The molecule has 1 saturated heterocycles. The van der Waals surface area contributed by atoms with Gasteiger partial charge in [-0.25, -0.2) is 0 Å². The second-order valence-corrected chi connectivity index (χ2v) is 6.21. The Hall–Kier alpha value is -2.24. The Labute approximate surface area is 149 Å². The first-order chi connectivity index (χ1) is 12.3. The Morgan fingerprint density at radius 1 is 0.920 bits per heavy atom. The molecule has 0 saturated carbocycles. The largest absolute Gasteiger partial charge is 0.497 e. The van der Waals surface area contributed by atoms with Crippen molar-refractivity contribution >= 4 is 5.69 Å². The average molecular weight is 341 g/mol. The first-order valence-electron chi connectivity index (χ1n) is 8.73. The Bertz CT molecular complexity index is 667. The summed E-state index contributed by atoms with van der Waals surface area (Å²) in [4.78, 5) is 4.86. The molecule has 0 radical (unpaired) electrons. The molecule has 1 aliphatic rings. The summed E-state index contributed by atoms with van der Waals surface area (Å²) in [5.74, 6) is 1.80. The number of hydrogen-bond acceptors (Lipinski definition) is 5. The van der Waals surface area contributed by atoms with Gasteiger partial charge in [0.05, 0.1) is 20.3 Å². The molecule has 5 nitrogen and oxygen atoms in total. The molecule has 0 spiro atoms. The van der Waals surface area contributed by atoms with E-state index in [1.807, 2.05) is 30.3 Å². The van der Waals surface area contributed by atoms with Gasteiger partial charge in [-0.1, -0.05) is 18.2 Å². The summed E-state index contributed by atoms with van der Waals surface area (Å²) in [5, 5.41) is 0. The van der Waals surface area contributed by atoms with Crippen molar-refractivity contribution in [2.75, 3.05) is 51.8 Å². The van der Waals surface area contributed by atoms with Gasteiger partial charge in [-0.2, -0.15) is 0 Å². The number of piperazine rings is 1. The van der Waals surface area contributed by atoms with Gasteiger partial charge in [0, 0.05) is 44.0 Å². The zero-order chi connectivity index (χ0) is 17.6. The number of benzene rings is 2. The van der Waals surface area contributed by atoms with Crippen LogP contribution in [0.2, 0.25) is 0 Å². The van der Waals surface area contributed by atoms with Crippen LogP contribution in [0.15, 0.2) is 48.5 Å². The molecule has 1 unspecified atom stereocenters. The van der Waals surface area contributed by atoms with Crippen molar-refractivity contribution in [2.45, 2.75) is 6.04 Å². The summed E-state index contributed by atoms with van der Waals surface area (Å²) in [6.07, 6.45) is 0. The molecular formula is C20H27N3O2. The van der Waals surface area contributed by atoms with E-state index in [0.29, 0.717) is 6.54 Å². The van der Waals surface area contributed by atoms with E-state index >= 15 is 0 Å². The van der Waals surface area contributed by atoms with Crippen molar-refractivity contribution in [1.82, 2.24) is 4.90 Å². The molecule has 0 aromatic heterocycles. The first kappa shape index (κ1) is 17.6. The summed E-state index contributed by atoms with van der Waals surface area (Å²) in [7, 11) is 3.41. The van der Waals surface area contributed by atoms with Crippen molar-refractivity contribution in [3.8, 4) is 11.5 Å². The second kappa shape index (κ2) is 8.23. The number of rotatable bonds is 6. The number of methoxy groups -OCH3 is 2. The molecule has 25 heavy (non-hydrogen) atoms. The highest BCUT2D eigenvalue weighted by atomic mass is 16.5. The fraction of sp³-hybridized carbons (Fsp3) is 0.400. The molecule has 0 bridgehead atoms. The fourth-order valence-electron chi connectivity index (χ4n) is 3.50. The van der Waals surface area contributed by atoms with Crippen LogP contribution in [-0.4, -0.2) is 51.8 Å². The Kier molecular flexibility index (Phi) is 5.79. The molecule has 2 aromatic rings. The van der Waals surface area contributed by atoms with Crippen LogP contribution >= 0.6 is 0 Å². The van der Waals surface area contributed by atoms with E-state index in [0.717, 1.165) is 37.7 Å². The van der Waals surface area contributed by atoms with Gasteiger partial charge < -0.3 is 20.1 Å². The molecule has 0 amide bonds. The van der Waals surface area contributed by atoms with Gasteiger partial charge in [0.25, 0.3) is 0 Å². The lowest BCUT2D eigenvalue weighted by atomic mass is 10.0. The maximum Gasteiger partial charge on any atom is 0.123 e. The molecule has 5 heteroatoms. The van der Waals surface area contributed by atoms with E-state index < -0.39 is 0 Å². The highest BCUT2D eigenvalue weighted by Gasteiger charge is 2.26. The van der Waals surface area contributed by atoms with E-state index in [2.05, 4.69) is 28.0 Å². The van der Waals surface area contributed by atoms with Crippen LogP contribution in [0, 0.1) is 0 Å². The molecule has 134 valence electrons. The minimum Gasteiger partial charge on any atom is -0.497 e. The predicted molar refractivity (Wildman–Crippen MR) is 102 cm³/mol. The normalized spacial score (nSPS) is 16.5. The van der Waals surface area contributed by atoms with Gasteiger partial charge >= 0.3 is 0 Å². The summed E-state index contributed by atoms with van der Waals surface area (Å²) in [6.45, 7) is 4.51. The number of nitrogens with two attached hydrogens (primary N) is 1. The van der Waals surface area contributed by atoms with Crippen molar-refractivity contribution in [2.24, 2.45) is 5.73 Å². The number of nitrogens with zero attached hydrogens (tertiary/aromatic N) is 2. The zero-order valence-electron chi connectivity index (χ0n) is 15.0. The van der Waals surface area contributed by atoms with Gasteiger partial charge in [0.2, 0.25) is 0 Å². The SMILES string of the molecule is COc1ccc(N2CCN(C(CN)c3ccccc3OC)CC2)cc1. The third kappa shape index (κ3) is 3.89.